The van der Waals surface area contributed by atoms with Crippen LogP contribution in [-0.2, 0) is 17.1 Å². The number of benzene rings is 1. The van der Waals surface area contributed by atoms with Crippen molar-refractivity contribution in [3.63, 3.8) is 0 Å². The quantitative estimate of drug-likeness (QED) is 0.609. The number of sulfonamides is 1. The minimum atomic E-state index is -3.57. The lowest BCUT2D eigenvalue weighted by Crippen LogP contribution is -2.31. The summed E-state index contributed by atoms with van der Waals surface area (Å²) >= 11 is 0. The number of nitrogens with two attached hydrogens (primary N) is 1. The Labute approximate surface area is 181 Å². The molecule has 1 aliphatic rings. The normalized spacial score (nSPS) is 19.5. The highest BCUT2D eigenvalue weighted by Gasteiger charge is 2.27. The van der Waals surface area contributed by atoms with Crippen LogP contribution in [-0.4, -0.2) is 35.6 Å². The number of nitrogens with zero attached hydrogens (tertiary/aromatic N) is 3. The molecule has 0 bridgehead atoms. The van der Waals surface area contributed by atoms with Gasteiger partial charge in [-0.25, -0.2) is 13.1 Å². The fourth-order valence-corrected chi connectivity index (χ4v) is 5.64. The number of aromatic nitrogens is 3. The number of primary amides is 1. The van der Waals surface area contributed by atoms with Crippen LogP contribution in [0.4, 0.5) is 0 Å². The topological polar surface area (TPSA) is 120 Å². The van der Waals surface area contributed by atoms with Crippen LogP contribution in [0.2, 0.25) is 0 Å². The van der Waals surface area contributed by atoms with Crippen molar-refractivity contribution in [1.82, 2.24) is 19.5 Å². The number of rotatable bonds is 6. The van der Waals surface area contributed by atoms with Crippen molar-refractivity contribution in [3.05, 3.63) is 53.5 Å². The molecule has 3 N–H and O–H groups in total. The molecule has 1 amide bonds. The Kier molecular flexibility index (Phi) is 5.81. The molecule has 1 aliphatic carbocycles. The first-order valence-corrected chi connectivity index (χ1v) is 11.9. The van der Waals surface area contributed by atoms with E-state index in [-0.39, 0.29) is 16.7 Å². The Balaban J connectivity index is 1.42. The number of para-hydroxylation sites is 1. The zero-order valence-corrected chi connectivity index (χ0v) is 18.5. The zero-order valence-electron chi connectivity index (χ0n) is 17.7. The summed E-state index contributed by atoms with van der Waals surface area (Å²) in [4.78, 5) is 16.9. The van der Waals surface area contributed by atoms with Crippen molar-refractivity contribution in [2.45, 2.75) is 43.4 Å². The van der Waals surface area contributed by atoms with Gasteiger partial charge in [0, 0.05) is 30.6 Å². The third-order valence-electron chi connectivity index (χ3n) is 6.31. The van der Waals surface area contributed by atoms with Crippen molar-refractivity contribution in [1.29, 1.82) is 0 Å². The van der Waals surface area contributed by atoms with Gasteiger partial charge in [-0.05, 0) is 50.7 Å². The van der Waals surface area contributed by atoms with Crippen LogP contribution in [0.5, 0.6) is 0 Å². The Morgan fingerprint density at radius 3 is 2.58 bits per heavy atom. The van der Waals surface area contributed by atoms with Crippen molar-refractivity contribution < 1.29 is 13.2 Å². The first-order valence-electron chi connectivity index (χ1n) is 10.4. The molecule has 9 heteroatoms. The average molecular weight is 442 g/mol. The highest BCUT2D eigenvalue weighted by atomic mass is 32.2. The number of pyridine rings is 1. The van der Waals surface area contributed by atoms with Gasteiger partial charge in [0.2, 0.25) is 15.9 Å². The molecule has 164 valence electrons. The standard InChI is InChI=1S/C22H27N5O3S/c1-14-21(13-24-27(14)2)31(29,30)25-12-15-7-9-16(10-8-15)20-11-18(22(23)28)17-5-3-4-6-19(17)26-20/h3-6,11,13,15-16,25H,7-10,12H2,1-2H3,(H2,23,28). The average Bonchev–Trinajstić information content (AvgIpc) is 3.11. The van der Waals surface area contributed by atoms with Crippen LogP contribution in [0.1, 0.15) is 53.3 Å². The summed E-state index contributed by atoms with van der Waals surface area (Å²) in [5.41, 5.74) is 8.38. The molecule has 0 saturated heterocycles. The number of hydrogen-bond acceptors (Lipinski definition) is 5. The summed E-state index contributed by atoms with van der Waals surface area (Å²) in [6.45, 7) is 2.14. The van der Waals surface area contributed by atoms with E-state index in [9.17, 15) is 13.2 Å². The first kappa shape index (κ1) is 21.5. The molecule has 2 aromatic heterocycles. The van der Waals surface area contributed by atoms with Crippen LogP contribution in [0, 0.1) is 12.8 Å². The first-order chi connectivity index (χ1) is 14.8. The fourth-order valence-electron chi connectivity index (χ4n) is 4.32. The van der Waals surface area contributed by atoms with E-state index in [1.165, 1.54) is 6.20 Å². The van der Waals surface area contributed by atoms with Crippen LogP contribution >= 0.6 is 0 Å². The number of carbonyl (C=O) groups excluding carboxylic acids is 1. The lowest BCUT2D eigenvalue weighted by atomic mass is 9.80. The largest absolute Gasteiger partial charge is 0.366 e. The van der Waals surface area contributed by atoms with Crippen LogP contribution in [0.3, 0.4) is 0 Å². The molecule has 1 saturated carbocycles. The van der Waals surface area contributed by atoms with Crippen molar-refractivity contribution in [2.75, 3.05) is 6.54 Å². The van der Waals surface area contributed by atoms with Gasteiger partial charge in [0.15, 0.2) is 0 Å². The summed E-state index contributed by atoms with van der Waals surface area (Å²) in [6.07, 6.45) is 4.94. The number of carbonyl (C=O) groups is 1. The predicted octanol–water partition coefficient (Wildman–Crippen LogP) is 2.63. The van der Waals surface area contributed by atoms with Crippen molar-refractivity contribution in [3.8, 4) is 0 Å². The minimum Gasteiger partial charge on any atom is -0.366 e. The second-order valence-electron chi connectivity index (χ2n) is 8.26. The van der Waals surface area contributed by atoms with E-state index >= 15 is 0 Å². The summed E-state index contributed by atoms with van der Waals surface area (Å²) in [5.74, 6) is 0.0452. The number of aryl methyl sites for hydroxylation is 1. The molecule has 0 radical (unpaired) electrons. The number of amides is 1. The lowest BCUT2D eigenvalue weighted by molar-refractivity contribution is 0.100. The van der Waals surface area contributed by atoms with E-state index in [0.29, 0.717) is 17.8 Å². The Morgan fingerprint density at radius 1 is 1.23 bits per heavy atom. The molecular formula is C22H27N5O3S. The van der Waals surface area contributed by atoms with Crippen molar-refractivity contribution in [2.24, 2.45) is 18.7 Å². The highest BCUT2D eigenvalue weighted by Crippen LogP contribution is 2.36. The molecule has 0 unspecified atom stereocenters. The third-order valence-corrected chi connectivity index (χ3v) is 7.83. The predicted molar refractivity (Wildman–Crippen MR) is 118 cm³/mol. The highest BCUT2D eigenvalue weighted by molar-refractivity contribution is 7.89. The van der Waals surface area contributed by atoms with Gasteiger partial charge in [-0.2, -0.15) is 5.10 Å². The Bertz CT molecular complexity index is 1230. The van der Waals surface area contributed by atoms with Crippen LogP contribution in [0.15, 0.2) is 41.4 Å². The van der Waals surface area contributed by atoms with Gasteiger partial charge in [-0.1, -0.05) is 18.2 Å². The summed E-state index contributed by atoms with van der Waals surface area (Å²) in [6, 6.07) is 9.35. The van der Waals surface area contributed by atoms with E-state index in [2.05, 4.69) is 9.82 Å². The van der Waals surface area contributed by atoms with E-state index in [4.69, 9.17) is 10.7 Å². The molecule has 4 rings (SSSR count). The smallest absolute Gasteiger partial charge is 0.249 e. The molecule has 2 heterocycles. The Hall–Kier alpha value is -2.78. The van der Waals surface area contributed by atoms with Crippen molar-refractivity contribution >= 4 is 26.8 Å². The monoisotopic (exact) mass is 441 g/mol. The lowest BCUT2D eigenvalue weighted by Gasteiger charge is -2.28. The van der Waals surface area contributed by atoms with Crippen LogP contribution < -0.4 is 10.5 Å². The molecule has 3 aromatic rings. The fraction of sp³-hybridized carbons (Fsp3) is 0.409. The third kappa shape index (κ3) is 4.33. The molecule has 0 aliphatic heterocycles. The maximum Gasteiger partial charge on any atom is 0.249 e. The summed E-state index contributed by atoms with van der Waals surface area (Å²) in [5, 5.41) is 4.79. The molecule has 31 heavy (non-hydrogen) atoms. The number of hydrogen-bond donors (Lipinski definition) is 2. The van der Waals surface area contributed by atoms with Gasteiger partial charge in [0.1, 0.15) is 4.90 Å². The van der Waals surface area contributed by atoms with E-state index in [0.717, 1.165) is 42.3 Å². The molecule has 8 nitrogen and oxygen atoms in total. The van der Waals surface area contributed by atoms with Gasteiger partial charge >= 0.3 is 0 Å². The van der Waals surface area contributed by atoms with E-state index in [1.807, 2.05) is 30.3 Å². The molecule has 1 aromatic carbocycles. The maximum atomic E-state index is 12.6. The number of fused-ring (bicyclic) bond motifs is 1. The molecule has 1 fully saturated rings. The second-order valence-corrected chi connectivity index (χ2v) is 10.00. The number of nitrogens with one attached hydrogen (secondary N) is 1. The second kappa shape index (κ2) is 8.39. The van der Waals surface area contributed by atoms with E-state index < -0.39 is 15.9 Å². The zero-order chi connectivity index (χ0) is 22.2. The summed E-state index contributed by atoms with van der Waals surface area (Å²) < 4.78 is 29.5. The van der Waals surface area contributed by atoms with Gasteiger partial charge in [-0.15, -0.1) is 0 Å². The molecular weight excluding hydrogens is 414 g/mol. The van der Waals surface area contributed by atoms with Gasteiger partial charge in [0.25, 0.3) is 0 Å². The van der Waals surface area contributed by atoms with Gasteiger partial charge in [0.05, 0.1) is 23.0 Å². The Morgan fingerprint density at radius 2 is 1.94 bits per heavy atom. The van der Waals surface area contributed by atoms with Gasteiger partial charge < -0.3 is 5.73 Å². The minimum absolute atomic E-state index is 0.225. The SMILES string of the molecule is Cc1c(S(=O)(=O)NCC2CCC(c3cc(C(N)=O)c4ccccc4n3)CC2)cnn1C. The van der Waals surface area contributed by atoms with Gasteiger partial charge in [-0.3, -0.25) is 14.5 Å². The summed E-state index contributed by atoms with van der Waals surface area (Å²) in [7, 11) is -1.85. The maximum absolute atomic E-state index is 12.6. The molecule has 0 atom stereocenters. The van der Waals surface area contributed by atoms with Crippen LogP contribution in [0.25, 0.3) is 10.9 Å². The molecule has 0 spiro atoms. The van der Waals surface area contributed by atoms with E-state index in [1.54, 1.807) is 18.7 Å².